The summed E-state index contributed by atoms with van der Waals surface area (Å²) in [5.74, 6) is 2.18. The fourth-order valence-electron chi connectivity index (χ4n) is 3.58. The highest BCUT2D eigenvalue weighted by Gasteiger charge is 2.13. The minimum absolute atomic E-state index is 0.708. The van der Waals surface area contributed by atoms with Gasteiger partial charge in [-0.2, -0.15) is 0 Å². The maximum absolute atomic E-state index is 6.31. The molecule has 3 heterocycles. The molecule has 0 aliphatic carbocycles. The van der Waals surface area contributed by atoms with Crippen LogP contribution in [0.3, 0.4) is 0 Å². The van der Waals surface area contributed by atoms with Gasteiger partial charge in [0, 0.05) is 34.9 Å². The molecule has 0 spiro atoms. The largest absolute Gasteiger partial charge is 0.496 e. The van der Waals surface area contributed by atoms with Crippen LogP contribution in [0.25, 0.3) is 32.9 Å². The second-order valence-electron chi connectivity index (χ2n) is 6.98. The molecule has 0 amide bonds. The molecule has 0 saturated heterocycles. The van der Waals surface area contributed by atoms with Gasteiger partial charge in [-0.25, -0.2) is 4.98 Å². The van der Waals surface area contributed by atoms with Crippen molar-refractivity contribution >= 4 is 21.8 Å². The standard InChI is InChI=1S/C25H19N3O2/c1-16-24(13-18-5-3-4-6-21(18)28-16)30-23-9-12-27-22-14-19(17-7-10-26-11-8-17)25(29-2)15-20(22)23/h3-15H,1-2H3. The average molecular weight is 393 g/mol. The first-order valence-electron chi connectivity index (χ1n) is 9.64. The Hall–Kier alpha value is -3.99. The van der Waals surface area contributed by atoms with Gasteiger partial charge in [0.15, 0.2) is 0 Å². The van der Waals surface area contributed by atoms with E-state index >= 15 is 0 Å². The van der Waals surface area contributed by atoms with Gasteiger partial charge in [0.05, 0.1) is 23.8 Å². The van der Waals surface area contributed by atoms with Crippen LogP contribution in [0.2, 0.25) is 0 Å². The Morgan fingerprint density at radius 2 is 1.60 bits per heavy atom. The highest BCUT2D eigenvalue weighted by atomic mass is 16.5. The fraction of sp³-hybridized carbons (Fsp3) is 0.0800. The summed E-state index contributed by atoms with van der Waals surface area (Å²) < 4.78 is 12.0. The smallest absolute Gasteiger partial charge is 0.149 e. The molecule has 5 aromatic rings. The van der Waals surface area contributed by atoms with E-state index in [0.717, 1.165) is 50.1 Å². The summed E-state index contributed by atoms with van der Waals surface area (Å²) in [6, 6.07) is 19.8. The molecule has 0 N–H and O–H groups in total. The normalized spacial score (nSPS) is 11.0. The minimum atomic E-state index is 0.708. The number of nitrogens with zero attached hydrogens (tertiary/aromatic N) is 3. The predicted molar refractivity (Wildman–Crippen MR) is 118 cm³/mol. The maximum Gasteiger partial charge on any atom is 0.149 e. The highest BCUT2D eigenvalue weighted by molar-refractivity contribution is 5.92. The molecule has 0 atom stereocenters. The number of aryl methyl sites for hydroxylation is 1. The molecule has 0 radical (unpaired) electrons. The SMILES string of the molecule is COc1cc2c(Oc3cc4ccccc4nc3C)ccnc2cc1-c1ccncc1. The number of fused-ring (bicyclic) bond motifs is 2. The van der Waals surface area contributed by atoms with Crippen LogP contribution in [0.15, 0.2) is 79.3 Å². The minimum Gasteiger partial charge on any atom is -0.496 e. The number of para-hydroxylation sites is 1. The molecule has 2 aromatic carbocycles. The third kappa shape index (κ3) is 3.20. The van der Waals surface area contributed by atoms with E-state index in [0.29, 0.717) is 5.75 Å². The molecule has 146 valence electrons. The third-order valence-corrected chi connectivity index (χ3v) is 5.10. The Bertz CT molecular complexity index is 1370. The first kappa shape index (κ1) is 18.1. The van der Waals surface area contributed by atoms with Crippen molar-refractivity contribution in [3.63, 3.8) is 0 Å². The molecule has 0 aliphatic heterocycles. The summed E-state index contributed by atoms with van der Waals surface area (Å²) in [7, 11) is 1.67. The molecule has 0 fully saturated rings. The van der Waals surface area contributed by atoms with Gasteiger partial charge < -0.3 is 9.47 Å². The summed E-state index contributed by atoms with van der Waals surface area (Å²) in [5, 5.41) is 1.91. The molecule has 3 aromatic heterocycles. The average Bonchev–Trinajstić information content (AvgIpc) is 2.79. The summed E-state index contributed by atoms with van der Waals surface area (Å²) >= 11 is 0. The molecule has 0 aliphatic rings. The van der Waals surface area contributed by atoms with E-state index in [2.05, 4.69) is 15.0 Å². The number of benzene rings is 2. The molecular formula is C25H19N3O2. The summed E-state index contributed by atoms with van der Waals surface area (Å²) in [6.07, 6.45) is 5.28. The van der Waals surface area contributed by atoms with Gasteiger partial charge in [0.2, 0.25) is 0 Å². The first-order valence-corrected chi connectivity index (χ1v) is 9.64. The van der Waals surface area contributed by atoms with E-state index in [4.69, 9.17) is 9.47 Å². The van der Waals surface area contributed by atoms with Crippen LogP contribution in [0.5, 0.6) is 17.2 Å². The van der Waals surface area contributed by atoms with Crippen molar-refractivity contribution in [1.82, 2.24) is 15.0 Å². The Kier molecular flexibility index (Phi) is 4.48. The van der Waals surface area contributed by atoms with E-state index in [1.165, 1.54) is 0 Å². The molecule has 0 bridgehead atoms. The quantitative estimate of drug-likeness (QED) is 0.377. The van der Waals surface area contributed by atoms with Crippen LogP contribution >= 0.6 is 0 Å². The van der Waals surface area contributed by atoms with Crippen LogP contribution in [0, 0.1) is 6.92 Å². The van der Waals surface area contributed by atoms with Crippen LogP contribution in [-0.4, -0.2) is 22.1 Å². The van der Waals surface area contributed by atoms with Crippen molar-refractivity contribution in [2.75, 3.05) is 7.11 Å². The predicted octanol–water partition coefficient (Wildman–Crippen LogP) is 5.95. The Morgan fingerprint density at radius 3 is 2.43 bits per heavy atom. The van der Waals surface area contributed by atoms with Gasteiger partial charge in [0.25, 0.3) is 0 Å². The number of hydrogen-bond donors (Lipinski definition) is 0. The Balaban J connectivity index is 1.63. The van der Waals surface area contributed by atoms with Gasteiger partial charge >= 0.3 is 0 Å². The van der Waals surface area contributed by atoms with Gasteiger partial charge in [0.1, 0.15) is 17.2 Å². The first-order chi connectivity index (χ1) is 14.7. The van der Waals surface area contributed by atoms with E-state index in [1.54, 1.807) is 25.7 Å². The molecule has 30 heavy (non-hydrogen) atoms. The molecule has 5 heteroatoms. The lowest BCUT2D eigenvalue weighted by Gasteiger charge is -2.14. The zero-order valence-corrected chi connectivity index (χ0v) is 16.7. The topological polar surface area (TPSA) is 57.1 Å². The van der Waals surface area contributed by atoms with Crippen molar-refractivity contribution in [3.8, 4) is 28.4 Å². The van der Waals surface area contributed by atoms with Crippen LogP contribution < -0.4 is 9.47 Å². The van der Waals surface area contributed by atoms with Gasteiger partial charge in [-0.15, -0.1) is 0 Å². The summed E-state index contributed by atoms with van der Waals surface area (Å²) in [4.78, 5) is 13.3. The van der Waals surface area contributed by atoms with Crippen molar-refractivity contribution < 1.29 is 9.47 Å². The maximum atomic E-state index is 6.31. The number of hydrogen-bond acceptors (Lipinski definition) is 5. The van der Waals surface area contributed by atoms with Gasteiger partial charge in [-0.05, 0) is 55.0 Å². The van der Waals surface area contributed by atoms with Crippen molar-refractivity contribution in [2.45, 2.75) is 6.92 Å². The van der Waals surface area contributed by atoms with Gasteiger partial charge in [-0.1, -0.05) is 18.2 Å². The molecule has 0 unspecified atom stereocenters. The second-order valence-corrected chi connectivity index (χ2v) is 6.98. The second kappa shape index (κ2) is 7.44. The van der Waals surface area contributed by atoms with Gasteiger partial charge in [-0.3, -0.25) is 9.97 Å². The molecule has 0 saturated carbocycles. The fourth-order valence-corrected chi connectivity index (χ4v) is 3.58. The summed E-state index contributed by atoms with van der Waals surface area (Å²) in [6.45, 7) is 1.95. The van der Waals surface area contributed by atoms with E-state index < -0.39 is 0 Å². The van der Waals surface area contributed by atoms with Crippen LogP contribution in [0.4, 0.5) is 0 Å². The number of ether oxygens (including phenoxy) is 2. The van der Waals surface area contributed by atoms with Crippen molar-refractivity contribution in [3.05, 3.63) is 84.9 Å². The van der Waals surface area contributed by atoms with E-state index in [9.17, 15) is 0 Å². The Morgan fingerprint density at radius 1 is 0.767 bits per heavy atom. The molecule has 5 nitrogen and oxygen atoms in total. The van der Waals surface area contributed by atoms with E-state index in [-0.39, 0.29) is 0 Å². The highest BCUT2D eigenvalue weighted by Crippen LogP contribution is 2.38. The molecular weight excluding hydrogens is 374 g/mol. The third-order valence-electron chi connectivity index (χ3n) is 5.10. The lowest BCUT2D eigenvalue weighted by Crippen LogP contribution is -1.95. The lowest BCUT2D eigenvalue weighted by molar-refractivity contribution is 0.416. The van der Waals surface area contributed by atoms with Crippen LogP contribution in [-0.2, 0) is 0 Å². The van der Waals surface area contributed by atoms with Crippen molar-refractivity contribution in [2.24, 2.45) is 0 Å². The molecule has 5 rings (SSSR count). The lowest BCUT2D eigenvalue weighted by atomic mass is 10.0. The Labute approximate surface area is 174 Å². The zero-order valence-electron chi connectivity index (χ0n) is 16.7. The van der Waals surface area contributed by atoms with Crippen LogP contribution in [0.1, 0.15) is 5.69 Å². The monoisotopic (exact) mass is 393 g/mol. The number of pyridine rings is 3. The number of rotatable bonds is 4. The van der Waals surface area contributed by atoms with Crippen molar-refractivity contribution in [1.29, 1.82) is 0 Å². The van der Waals surface area contributed by atoms with E-state index in [1.807, 2.05) is 67.6 Å². The summed E-state index contributed by atoms with van der Waals surface area (Å²) in [5.41, 5.74) is 4.59. The number of methoxy groups -OCH3 is 1. The zero-order chi connectivity index (χ0) is 20.5. The number of aromatic nitrogens is 3.